The number of benzene rings is 1. The third-order valence-electron chi connectivity index (χ3n) is 7.92. The number of likely N-dealkylation sites (tertiary alicyclic amines) is 1. The molecule has 1 unspecified atom stereocenters. The van der Waals surface area contributed by atoms with Crippen molar-refractivity contribution in [3.8, 4) is 0 Å². The minimum Gasteiger partial charge on any atom is -0.396 e. The Kier molecular flexibility index (Phi) is 6.56. The van der Waals surface area contributed by atoms with E-state index in [2.05, 4.69) is 28.4 Å². The van der Waals surface area contributed by atoms with Crippen molar-refractivity contribution in [1.82, 2.24) is 4.90 Å². The van der Waals surface area contributed by atoms with Crippen LogP contribution in [0.3, 0.4) is 0 Å². The van der Waals surface area contributed by atoms with E-state index in [0.717, 1.165) is 57.4 Å². The Hall–Kier alpha value is -1.83. The summed E-state index contributed by atoms with van der Waals surface area (Å²) in [6, 6.07) is 4.19. The van der Waals surface area contributed by atoms with Gasteiger partial charge in [-0.15, -0.1) is 0 Å². The Bertz CT molecular complexity index is 892. The fourth-order valence-corrected chi connectivity index (χ4v) is 6.03. The van der Waals surface area contributed by atoms with Crippen molar-refractivity contribution < 1.29 is 23.0 Å². The lowest BCUT2D eigenvalue weighted by Crippen LogP contribution is -2.49. The molecule has 5 rings (SSSR count). The van der Waals surface area contributed by atoms with Crippen molar-refractivity contribution in [3.63, 3.8) is 0 Å². The highest BCUT2D eigenvalue weighted by atomic mass is 19.4. The molecular formula is C26H33F3N2O2. The summed E-state index contributed by atoms with van der Waals surface area (Å²) in [5.41, 5.74) is 0.796. The van der Waals surface area contributed by atoms with Gasteiger partial charge < -0.3 is 20.1 Å². The first-order valence-electron chi connectivity index (χ1n) is 12.2. The van der Waals surface area contributed by atoms with Crippen LogP contribution in [0.2, 0.25) is 0 Å². The van der Waals surface area contributed by atoms with Gasteiger partial charge in [0.15, 0.2) is 0 Å². The number of allylic oxidation sites excluding steroid dienone is 3. The lowest BCUT2D eigenvalue weighted by atomic mass is 9.73. The molecule has 0 aromatic heterocycles. The summed E-state index contributed by atoms with van der Waals surface area (Å²) in [6.07, 6.45) is 8.54. The number of rotatable bonds is 4. The Labute approximate surface area is 193 Å². The minimum atomic E-state index is -4.37. The molecule has 0 radical (unpaired) electrons. The van der Waals surface area contributed by atoms with Gasteiger partial charge in [-0.3, -0.25) is 0 Å². The predicted octanol–water partition coefficient (Wildman–Crippen LogP) is 5.17. The van der Waals surface area contributed by atoms with Crippen LogP contribution in [0.4, 0.5) is 18.9 Å². The van der Waals surface area contributed by atoms with Gasteiger partial charge in [0.25, 0.3) is 0 Å². The third kappa shape index (κ3) is 4.86. The Morgan fingerprint density at radius 3 is 2.61 bits per heavy atom. The van der Waals surface area contributed by atoms with Crippen LogP contribution in [0.25, 0.3) is 0 Å². The standard InChI is InChI=1S/C26H33F3N2O2/c27-26(28,29)19-6-9-23-22(14-19)25-21(24(30-23)18-4-2-1-3-5-18)8-7-20(33-25)15-31-12-10-17(16-32)11-13-31/h1-4,6,9,14,17-18,20-21,24-25,30,32H,5,7-8,10-13,15-16H2/t18?,20-,21+,24+,25+/m1/s1. The first kappa shape index (κ1) is 22.9. The van der Waals surface area contributed by atoms with E-state index < -0.39 is 11.7 Å². The molecule has 2 saturated heterocycles. The van der Waals surface area contributed by atoms with E-state index in [1.54, 1.807) is 6.07 Å². The number of hydrogen-bond donors (Lipinski definition) is 2. The molecule has 0 bridgehead atoms. The second-order valence-electron chi connectivity index (χ2n) is 10.0. The molecule has 0 saturated carbocycles. The zero-order valence-corrected chi connectivity index (χ0v) is 18.8. The van der Waals surface area contributed by atoms with Crippen LogP contribution in [0, 0.1) is 17.8 Å². The van der Waals surface area contributed by atoms with E-state index in [-0.39, 0.29) is 30.8 Å². The Balaban J connectivity index is 1.38. The van der Waals surface area contributed by atoms with Crippen molar-refractivity contribution in [2.75, 3.05) is 31.6 Å². The number of ether oxygens (including phenoxy) is 1. The molecule has 3 aliphatic heterocycles. The number of halogens is 3. The molecule has 5 atom stereocenters. The van der Waals surface area contributed by atoms with Crippen molar-refractivity contribution >= 4 is 5.69 Å². The van der Waals surface area contributed by atoms with Gasteiger partial charge in [-0.05, 0) is 69.3 Å². The van der Waals surface area contributed by atoms with Crippen LogP contribution in [-0.4, -0.2) is 48.4 Å². The first-order chi connectivity index (χ1) is 15.9. The molecule has 2 N–H and O–H groups in total. The monoisotopic (exact) mass is 462 g/mol. The van der Waals surface area contributed by atoms with Gasteiger partial charge in [0.1, 0.15) is 0 Å². The summed E-state index contributed by atoms with van der Waals surface area (Å²) in [5, 5.41) is 13.0. The second kappa shape index (κ2) is 9.43. The first-order valence-corrected chi connectivity index (χ1v) is 12.2. The number of aliphatic hydroxyl groups excluding tert-OH is 1. The molecule has 180 valence electrons. The van der Waals surface area contributed by atoms with Crippen LogP contribution < -0.4 is 5.32 Å². The van der Waals surface area contributed by atoms with E-state index in [0.29, 0.717) is 17.4 Å². The smallest absolute Gasteiger partial charge is 0.396 e. The van der Waals surface area contributed by atoms with Gasteiger partial charge >= 0.3 is 6.18 Å². The second-order valence-corrected chi connectivity index (χ2v) is 10.0. The highest BCUT2D eigenvalue weighted by molar-refractivity contribution is 5.58. The maximum absolute atomic E-state index is 13.5. The number of hydrogen-bond acceptors (Lipinski definition) is 4. The number of aliphatic hydroxyl groups is 1. The normalized spacial score (nSPS) is 32.8. The van der Waals surface area contributed by atoms with Crippen molar-refractivity contribution in [2.24, 2.45) is 17.8 Å². The molecular weight excluding hydrogens is 429 g/mol. The Morgan fingerprint density at radius 1 is 1.09 bits per heavy atom. The fourth-order valence-electron chi connectivity index (χ4n) is 6.03. The highest BCUT2D eigenvalue weighted by Gasteiger charge is 2.45. The van der Waals surface area contributed by atoms with E-state index in [1.807, 2.05) is 6.08 Å². The summed E-state index contributed by atoms with van der Waals surface area (Å²) in [4.78, 5) is 2.39. The number of alkyl halides is 3. The average Bonchev–Trinajstić information content (AvgIpc) is 2.83. The summed E-state index contributed by atoms with van der Waals surface area (Å²) in [5.74, 6) is 0.822. The zero-order valence-electron chi connectivity index (χ0n) is 18.8. The number of nitrogens with one attached hydrogen (secondary N) is 1. The Morgan fingerprint density at radius 2 is 1.91 bits per heavy atom. The lowest BCUT2D eigenvalue weighted by molar-refractivity contribution is -0.138. The number of fused-ring (bicyclic) bond motifs is 3. The van der Waals surface area contributed by atoms with E-state index in [1.165, 1.54) is 12.1 Å². The predicted molar refractivity (Wildman–Crippen MR) is 122 cm³/mol. The zero-order chi connectivity index (χ0) is 23.0. The van der Waals surface area contributed by atoms with Gasteiger partial charge in [-0.1, -0.05) is 24.3 Å². The quantitative estimate of drug-likeness (QED) is 0.648. The molecule has 0 amide bonds. The molecule has 4 aliphatic rings. The lowest BCUT2D eigenvalue weighted by Gasteiger charge is -2.48. The van der Waals surface area contributed by atoms with Crippen molar-refractivity contribution in [1.29, 1.82) is 0 Å². The topological polar surface area (TPSA) is 44.7 Å². The van der Waals surface area contributed by atoms with E-state index >= 15 is 0 Å². The molecule has 33 heavy (non-hydrogen) atoms. The van der Waals surface area contributed by atoms with Crippen LogP contribution in [0.5, 0.6) is 0 Å². The van der Waals surface area contributed by atoms with Gasteiger partial charge in [-0.2, -0.15) is 13.2 Å². The molecule has 3 heterocycles. The van der Waals surface area contributed by atoms with Gasteiger partial charge in [-0.25, -0.2) is 0 Å². The van der Waals surface area contributed by atoms with Crippen molar-refractivity contribution in [2.45, 2.75) is 56.5 Å². The highest BCUT2D eigenvalue weighted by Crippen LogP contribution is 2.49. The molecule has 2 fully saturated rings. The molecule has 0 spiro atoms. The average molecular weight is 463 g/mol. The molecule has 1 aliphatic carbocycles. The molecule has 4 nitrogen and oxygen atoms in total. The van der Waals surface area contributed by atoms with Crippen LogP contribution in [0.1, 0.15) is 49.3 Å². The number of piperidine rings is 1. The third-order valence-corrected chi connectivity index (χ3v) is 7.92. The minimum absolute atomic E-state index is 0.0138. The fraction of sp³-hybridized carbons (Fsp3) is 0.615. The van der Waals surface area contributed by atoms with Gasteiger partial charge in [0, 0.05) is 42.3 Å². The molecule has 1 aromatic rings. The van der Waals surface area contributed by atoms with E-state index in [9.17, 15) is 18.3 Å². The summed E-state index contributed by atoms with van der Waals surface area (Å²) in [7, 11) is 0. The van der Waals surface area contributed by atoms with Gasteiger partial charge in [0.2, 0.25) is 0 Å². The summed E-state index contributed by atoms with van der Waals surface area (Å²) >= 11 is 0. The van der Waals surface area contributed by atoms with Crippen LogP contribution >= 0.6 is 0 Å². The number of anilines is 1. The van der Waals surface area contributed by atoms with Gasteiger partial charge in [0.05, 0.1) is 17.8 Å². The molecule has 1 aromatic carbocycles. The number of nitrogens with zero attached hydrogens (tertiary/aromatic N) is 1. The van der Waals surface area contributed by atoms with Crippen LogP contribution in [0.15, 0.2) is 42.5 Å². The summed E-state index contributed by atoms with van der Waals surface area (Å²) < 4.78 is 47.1. The SMILES string of the molecule is OCC1CCN(C[C@H]2CC[C@@H]3[C@H](O2)c2cc(C(F)(F)F)ccc2N[C@H]3C2C=CC=CC2)CC1. The molecule has 7 heteroatoms. The summed E-state index contributed by atoms with van der Waals surface area (Å²) in [6.45, 7) is 2.93. The largest absolute Gasteiger partial charge is 0.416 e. The van der Waals surface area contributed by atoms with Crippen molar-refractivity contribution in [3.05, 3.63) is 53.6 Å². The van der Waals surface area contributed by atoms with E-state index in [4.69, 9.17) is 4.74 Å². The van der Waals surface area contributed by atoms with Crippen LogP contribution in [-0.2, 0) is 10.9 Å². The maximum atomic E-state index is 13.5. The maximum Gasteiger partial charge on any atom is 0.416 e.